The summed E-state index contributed by atoms with van der Waals surface area (Å²) in [6, 6.07) is 0. The highest BCUT2D eigenvalue weighted by atomic mass is 16.5. The fourth-order valence-electron chi connectivity index (χ4n) is 1.56. The van der Waals surface area contributed by atoms with Crippen LogP contribution in [0.15, 0.2) is 16.9 Å². The molecule has 0 saturated heterocycles. The van der Waals surface area contributed by atoms with Crippen molar-refractivity contribution in [1.29, 1.82) is 0 Å². The summed E-state index contributed by atoms with van der Waals surface area (Å²) in [5.41, 5.74) is 0.555. The molecular weight excluding hydrogens is 234 g/mol. The van der Waals surface area contributed by atoms with Crippen LogP contribution < -0.4 is 0 Å². The molecule has 2 rings (SSSR count). The molecule has 7 heteroatoms. The normalized spacial score (nSPS) is 10.6. The number of aromatic nitrogens is 4. The Morgan fingerprint density at radius 3 is 2.89 bits per heavy atom. The van der Waals surface area contributed by atoms with Crippen LogP contribution in [0.5, 0.6) is 0 Å². The van der Waals surface area contributed by atoms with Gasteiger partial charge in [-0.15, -0.1) is 0 Å². The first-order valence-corrected chi connectivity index (χ1v) is 5.67. The van der Waals surface area contributed by atoms with E-state index in [1.54, 1.807) is 31.0 Å². The van der Waals surface area contributed by atoms with E-state index in [1.165, 1.54) is 4.90 Å². The molecule has 18 heavy (non-hydrogen) atoms. The van der Waals surface area contributed by atoms with Gasteiger partial charge in [0.15, 0.2) is 5.82 Å². The Hall–Kier alpha value is -2.18. The Labute approximate surface area is 104 Å². The van der Waals surface area contributed by atoms with Crippen LogP contribution in [0.25, 0.3) is 0 Å². The third-order valence-electron chi connectivity index (χ3n) is 2.50. The molecule has 0 bridgehead atoms. The number of carbonyl (C=O) groups is 1. The summed E-state index contributed by atoms with van der Waals surface area (Å²) < 4.78 is 6.56. The smallest absolute Gasteiger partial charge is 0.257 e. The number of rotatable bonds is 4. The van der Waals surface area contributed by atoms with E-state index in [-0.39, 0.29) is 5.91 Å². The second-order valence-electron chi connectivity index (χ2n) is 3.98. The quantitative estimate of drug-likeness (QED) is 0.803. The zero-order valence-electron chi connectivity index (χ0n) is 10.6. The van der Waals surface area contributed by atoms with E-state index in [1.807, 2.05) is 6.92 Å². The van der Waals surface area contributed by atoms with Crippen LogP contribution in [0.1, 0.15) is 29.0 Å². The Balaban J connectivity index is 2.04. The van der Waals surface area contributed by atoms with Crippen molar-refractivity contribution in [3.05, 3.63) is 29.7 Å². The molecule has 0 fully saturated rings. The lowest BCUT2D eigenvalue weighted by molar-refractivity contribution is 0.0780. The van der Waals surface area contributed by atoms with E-state index >= 15 is 0 Å². The maximum Gasteiger partial charge on any atom is 0.257 e. The van der Waals surface area contributed by atoms with Crippen molar-refractivity contribution in [2.24, 2.45) is 0 Å². The standard InChI is InChI=1S/C11H15N5O2/c1-4-16-6-9(5-12-16)11(17)15(3)7-10-13-8(2)18-14-10/h5-6H,4,7H2,1-3H3. The van der Waals surface area contributed by atoms with Crippen LogP contribution in [0.4, 0.5) is 0 Å². The van der Waals surface area contributed by atoms with Gasteiger partial charge >= 0.3 is 0 Å². The molecule has 0 unspecified atom stereocenters. The minimum Gasteiger partial charge on any atom is -0.340 e. The van der Waals surface area contributed by atoms with Gasteiger partial charge in [0.1, 0.15) is 0 Å². The van der Waals surface area contributed by atoms with E-state index in [0.29, 0.717) is 23.8 Å². The number of hydrogen-bond donors (Lipinski definition) is 0. The average molecular weight is 249 g/mol. The lowest BCUT2D eigenvalue weighted by atomic mass is 10.3. The molecule has 0 aliphatic carbocycles. The van der Waals surface area contributed by atoms with Crippen molar-refractivity contribution in [2.75, 3.05) is 7.05 Å². The summed E-state index contributed by atoms with van der Waals surface area (Å²) in [6.45, 7) is 4.73. The highest BCUT2D eigenvalue weighted by Crippen LogP contribution is 2.06. The van der Waals surface area contributed by atoms with E-state index in [2.05, 4.69) is 15.2 Å². The molecule has 96 valence electrons. The van der Waals surface area contributed by atoms with Gasteiger partial charge in [-0.2, -0.15) is 10.1 Å². The monoisotopic (exact) mass is 249 g/mol. The summed E-state index contributed by atoms with van der Waals surface area (Å²) >= 11 is 0. The first-order valence-electron chi connectivity index (χ1n) is 5.67. The molecule has 0 aliphatic rings. The molecule has 0 atom stereocenters. The van der Waals surface area contributed by atoms with Gasteiger partial charge in [-0.1, -0.05) is 5.16 Å². The van der Waals surface area contributed by atoms with Gasteiger partial charge in [0.25, 0.3) is 5.91 Å². The van der Waals surface area contributed by atoms with Crippen molar-refractivity contribution in [3.63, 3.8) is 0 Å². The maximum atomic E-state index is 12.1. The van der Waals surface area contributed by atoms with Crippen LogP contribution in [-0.2, 0) is 13.1 Å². The van der Waals surface area contributed by atoms with Gasteiger partial charge in [-0.25, -0.2) is 0 Å². The minimum absolute atomic E-state index is 0.114. The van der Waals surface area contributed by atoms with Gasteiger partial charge in [0.2, 0.25) is 5.89 Å². The summed E-state index contributed by atoms with van der Waals surface area (Å²) in [6.07, 6.45) is 3.28. The lowest BCUT2D eigenvalue weighted by Gasteiger charge is -2.13. The molecule has 7 nitrogen and oxygen atoms in total. The average Bonchev–Trinajstić information content (AvgIpc) is 2.97. The lowest BCUT2D eigenvalue weighted by Crippen LogP contribution is -2.26. The van der Waals surface area contributed by atoms with Crippen LogP contribution in [-0.4, -0.2) is 37.8 Å². The zero-order valence-corrected chi connectivity index (χ0v) is 10.6. The first kappa shape index (κ1) is 12.3. The molecule has 0 N–H and O–H groups in total. The Morgan fingerprint density at radius 1 is 1.56 bits per heavy atom. The topological polar surface area (TPSA) is 77.0 Å². The molecule has 1 amide bonds. The predicted molar refractivity (Wildman–Crippen MR) is 62.7 cm³/mol. The predicted octanol–water partition coefficient (Wildman–Crippen LogP) is 0.867. The van der Waals surface area contributed by atoms with E-state index in [0.717, 1.165) is 6.54 Å². The Bertz CT molecular complexity index is 545. The molecule has 0 radical (unpaired) electrons. The Kier molecular flexibility index (Phi) is 3.40. The number of hydrogen-bond acceptors (Lipinski definition) is 5. The highest BCUT2D eigenvalue weighted by molar-refractivity contribution is 5.93. The van der Waals surface area contributed by atoms with E-state index in [4.69, 9.17) is 4.52 Å². The second kappa shape index (κ2) is 4.99. The first-order chi connectivity index (χ1) is 8.60. The van der Waals surface area contributed by atoms with Crippen LogP contribution in [0.2, 0.25) is 0 Å². The number of carbonyl (C=O) groups excluding carboxylic acids is 1. The SMILES string of the molecule is CCn1cc(C(=O)N(C)Cc2noc(C)n2)cn1. The van der Waals surface area contributed by atoms with Crippen molar-refractivity contribution >= 4 is 5.91 Å². The summed E-state index contributed by atoms with van der Waals surface area (Å²) in [4.78, 5) is 17.7. The molecule has 2 aromatic rings. The fourth-order valence-corrected chi connectivity index (χ4v) is 1.56. The fraction of sp³-hybridized carbons (Fsp3) is 0.455. The van der Waals surface area contributed by atoms with E-state index < -0.39 is 0 Å². The van der Waals surface area contributed by atoms with Crippen molar-refractivity contribution < 1.29 is 9.32 Å². The van der Waals surface area contributed by atoms with Gasteiger partial charge in [0, 0.05) is 26.7 Å². The van der Waals surface area contributed by atoms with Crippen LogP contribution in [0.3, 0.4) is 0 Å². The molecule has 0 aromatic carbocycles. The molecule has 0 saturated carbocycles. The Morgan fingerprint density at radius 2 is 2.33 bits per heavy atom. The molecule has 0 aliphatic heterocycles. The van der Waals surface area contributed by atoms with Crippen molar-refractivity contribution in [2.45, 2.75) is 26.9 Å². The number of amides is 1. The van der Waals surface area contributed by atoms with Crippen LogP contribution in [0, 0.1) is 6.92 Å². The molecule has 0 spiro atoms. The minimum atomic E-state index is -0.114. The molecule has 2 heterocycles. The number of nitrogens with zero attached hydrogens (tertiary/aromatic N) is 5. The van der Waals surface area contributed by atoms with Gasteiger partial charge < -0.3 is 9.42 Å². The third-order valence-corrected chi connectivity index (χ3v) is 2.50. The van der Waals surface area contributed by atoms with Gasteiger partial charge in [0.05, 0.1) is 18.3 Å². The van der Waals surface area contributed by atoms with Gasteiger partial charge in [-0.3, -0.25) is 9.48 Å². The van der Waals surface area contributed by atoms with Crippen molar-refractivity contribution in [1.82, 2.24) is 24.8 Å². The maximum absolute atomic E-state index is 12.1. The molecular formula is C11H15N5O2. The third kappa shape index (κ3) is 2.55. The largest absolute Gasteiger partial charge is 0.340 e. The zero-order chi connectivity index (χ0) is 13.1. The highest BCUT2D eigenvalue weighted by Gasteiger charge is 2.16. The molecule has 2 aromatic heterocycles. The summed E-state index contributed by atoms with van der Waals surface area (Å²) in [7, 11) is 1.69. The summed E-state index contributed by atoms with van der Waals surface area (Å²) in [5, 5.41) is 7.82. The number of aryl methyl sites for hydroxylation is 2. The van der Waals surface area contributed by atoms with Crippen molar-refractivity contribution in [3.8, 4) is 0 Å². The van der Waals surface area contributed by atoms with Crippen LogP contribution >= 0.6 is 0 Å². The second-order valence-corrected chi connectivity index (χ2v) is 3.98. The summed E-state index contributed by atoms with van der Waals surface area (Å²) in [5.74, 6) is 0.869. The van der Waals surface area contributed by atoms with Gasteiger partial charge in [-0.05, 0) is 6.92 Å². The van der Waals surface area contributed by atoms with E-state index in [9.17, 15) is 4.79 Å².